The van der Waals surface area contributed by atoms with Gasteiger partial charge in [-0.15, -0.1) is 0 Å². The molecule has 0 saturated carbocycles. The number of likely N-dealkylation sites (tertiary alicyclic amines) is 2. The van der Waals surface area contributed by atoms with Crippen LogP contribution >= 0.6 is 0 Å². The second-order valence-corrected chi connectivity index (χ2v) is 7.89. The fourth-order valence-electron chi connectivity index (χ4n) is 3.77. The monoisotopic (exact) mass is 373 g/mol. The van der Waals surface area contributed by atoms with E-state index in [4.69, 9.17) is 0 Å². The molecular weight excluding hydrogens is 346 g/mol. The van der Waals surface area contributed by atoms with Crippen LogP contribution in [0.4, 0.5) is 10.5 Å². The third-order valence-corrected chi connectivity index (χ3v) is 5.72. The molecule has 2 unspecified atom stereocenters. The molecule has 1 aromatic carbocycles. The molecule has 146 valence electrons. The Balaban J connectivity index is 1.60. The SMILES string of the molecule is CC1CCCCN1C(=O)c1ccc(NC(=O)N2CCC(C)(C(=O)O)C2)cc1. The zero-order valence-corrected chi connectivity index (χ0v) is 15.9. The van der Waals surface area contributed by atoms with Gasteiger partial charge in [0.05, 0.1) is 5.41 Å². The molecule has 1 aromatic rings. The maximum absolute atomic E-state index is 12.7. The third kappa shape index (κ3) is 4.07. The zero-order valence-electron chi connectivity index (χ0n) is 15.9. The van der Waals surface area contributed by atoms with E-state index in [2.05, 4.69) is 12.2 Å². The highest BCUT2D eigenvalue weighted by atomic mass is 16.4. The Morgan fingerprint density at radius 1 is 1.15 bits per heavy atom. The van der Waals surface area contributed by atoms with Crippen molar-refractivity contribution in [1.82, 2.24) is 9.80 Å². The summed E-state index contributed by atoms with van der Waals surface area (Å²) in [6.07, 6.45) is 3.67. The average Bonchev–Trinajstić information content (AvgIpc) is 3.06. The van der Waals surface area contributed by atoms with Crippen LogP contribution in [0, 0.1) is 5.41 Å². The van der Waals surface area contributed by atoms with E-state index < -0.39 is 11.4 Å². The van der Waals surface area contributed by atoms with E-state index in [1.165, 1.54) is 4.90 Å². The van der Waals surface area contributed by atoms with Gasteiger partial charge in [0.2, 0.25) is 0 Å². The molecule has 2 heterocycles. The number of carboxylic acids is 1. The Bertz CT molecular complexity index is 733. The smallest absolute Gasteiger partial charge is 0.321 e. The van der Waals surface area contributed by atoms with Crippen molar-refractivity contribution in [3.8, 4) is 0 Å². The Kier molecular flexibility index (Phi) is 5.39. The van der Waals surface area contributed by atoms with Crippen molar-refractivity contribution in [3.05, 3.63) is 29.8 Å². The first-order valence-corrected chi connectivity index (χ1v) is 9.50. The highest BCUT2D eigenvalue weighted by molar-refractivity contribution is 5.96. The van der Waals surface area contributed by atoms with E-state index in [0.29, 0.717) is 24.2 Å². The second-order valence-electron chi connectivity index (χ2n) is 7.89. The lowest BCUT2D eigenvalue weighted by atomic mass is 9.90. The number of nitrogens with zero attached hydrogens (tertiary/aromatic N) is 2. The molecule has 2 aliphatic heterocycles. The van der Waals surface area contributed by atoms with E-state index >= 15 is 0 Å². The van der Waals surface area contributed by atoms with Crippen molar-refractivity contribution in [2.24, 2.45) is 5.41 Å². The summed E-state index contributed by atoms with van der Waals surface area (Å²) in [6.45, 7) is 5.13. The fourth-order valence-corrected chi connectivity index (χ4v) is 3.77. The van der Waals surface area contributed by atoms with E-state index in [1.54, 1.807) is 31.2 Å². The molecule has 7 nitrogen and oxygen atoms in total. The van der Waals surface area contributed by atoms with E-state index in [1.807, 2.05) is 4.90 Å². The molecule has 0 bridgehead atoms. The van der Waals surface area contributed by atoms with Crippen molar-refractivity contribution in [2.75, 3.05) is 25.0 Å². The van der Waals surface area contributed by atoms with Gasteiger partial charge < -0.3 is 20.2 Å². The van der Waals surface area contributed by atoms with Crippen LogP contribution in [-0.2, 0) is 4.79 Å². The summed E-state index contributed by atoms with van der Waals surface area (Å²) < 4.78 is 0. The van der Waals surface area contributed by atoms with Crippen molar-refractivity contribution in [1.29, 1.82) is 0 Å². The van der Waals surface area contributed by atoms with Crippen LogP contribution in [0.15, 0.2) is 24.3 Å². The zero-order chi connectivity index (χ0) is 19.6. The molecule has 2 aliphatic rings. The maximum Gasteiger partial charge on any atom is 0.321 e. The number of benzene rings is 1. The highest BCUT2D eigenvalue weighted by Crippen LogP contribution is 2.30. The van der Waals surface area contributed by atoms with Gasteiger partial charge in [-0.3, -0.25) is 9.59 Å². The number of carbonyl (C=O) groups is 3. The summed E-state index contributed by atoms with van der Waals surface area (Å²) in [6, 6.07) is 6.82. The number of aliphatic carboxylic acids is 1. The van der Waals surface area contributed by atoms with Crippen LogP contribution < -0.4 is 5.32 Å². The number of urea groups is 1. The van der Waals surface area contributed by atoms with Crippen molar-refractivity contribution in [2.45, 2.75) is 45.6 Å². The van der Waals surface area contributed by atoms with Crippen molar-refractivity contribution in [3.63, 3.8) is 0 Å². The van der Waals surface area contributed by atoms with Gasteiger partial charge in [0.15, 0.2) is 0 Å². The molecule has 0 radical (unpaired) electrons. The molecule has 3 amide bonds. The largest absolute Gasteiger partial charge is 0.481 e. The lowest BCUT2D eigenvalue weighted by Crippen LogP contribution is -2.42. The number of carbonyl (C=O) groups excluding carboxylic acids is 2. The molecule has 0 aromatic heterocycles. The predicted octanol–water partition coefficient (Wildman–Crippen LogP) is 3.03. The molecule has 7 heteroatoms. The number of hydrogen-bond acceptors (Lipinski definition) is 3. The lowest BCUT2D eigenvalue weighted by Gasteiger charge is -2.33. The Morgan fingerprint density at radius 3 is 2.44 bits per heavy atom. The number of rotatable bonds is 3. The van der Waals surface area contributed by atoms with Crippen molar-refractivity contribution < 1.29 is 19.5 Å². The third-order valence-electron chi connectivity index (χ3n) is 5.72. The highest BCUT2D eigenvalue weighted by Gasteiger charge is 2.42. The fraction of sp³-hybridized carbons (Fsp3) is 0.550. The van der Waals surface area contributed by atoms with Gasteiger partial charge in [-0.2, -0.15) is 0 Å². The van der Waals surface area contributed by atoms with Gasteiger partial charge in [0, 0.05) is 36.9 Å². The quantitative estimate of drug-likeness (QED) is 0.852. The lowest BCUT2D eigenvalue weighted by molar-refractivity contribution is -0.146. The molecule has 0 aliphatic carbocycles. The molecule has 2 atom stereocenters. The number of piperidine rings is 1. The molecule has 2 fully saturated rings. The van der Waals surface area contributed by atoms with Crippen LogP contribution in [0.2, 0.25) is 0 Å². The minimum Gasteiger partial charge on any atom is -0.481 e. The van der Waals surface area contributed by atoms with E-state index in [9.17, 15) is 19.5 Å². The Morgan fingerprint density at radius 2 is 1.85 bits per heavy atom. The van der Waals surface area contributed by atoms with Gasteiger partial charge in [-0.25, -0.2) is 4.79 Å². The van der Waals surface area contributed by atoms with Gasteiger partial charge in [-0.1, -0.05) is 0 Å². The molecule has 2 N–H and O–H groups in total. The van der Waals surface area contributed by atoms with Gasteiger partial charge in [0.25, 0.3) is 5.91 Å². The van der Waals surface area contributed by atoms with Crippen LogP contribution in [0.1, 0.15) is 49.9 Å². The Labute approximate surface area is 159 Å². The summed E-state index contributed by atoms with van der Waals surface area (Å²) in [5.74, 6) is -0.857. The first-order chi connectivity index (χ1) is 12.8. The van der Waals surface area contributed by atoms with Gasteiger partial charge in [0.1, 0.15) is 0 Å². The number of carboxylic acid groups (broad SMARTS) is 1. The van der Waals surface area contributed by atoms with E-state index in [0.717, 1.165) is 25.8 Å². The van der Waals surface area contributed by atoms with E-state index in [-0.39, 0.29) is 24.5 Å². The molecule has 3 rings (SSSR count). The first kappa shape index (κ1) is 19.2. The summed E-state index contributed by atoms with van der Waals surface area (Å²) >= 11 is 0. The molecule has 2 saturated heterocycles. The van der Waals surface area contributed by atoms with Gasteiger partial charge >= 0.3 is 12.0 Å². The average molecular weight is 373 g/mol. The number of amides is 3. The van der Waals surface area contributed by atoms with Crippen LogP contribution in [0.5, 0.6) is 0 Å². The molecule has 27 heavy (non-hydrogen) atoms. The summed E-state index contributed by atoms with van der Waals surface area (Å²) in [4.78, 5) is 39.8. The Hall–Kier alpha value is -2.57. The van der Waals surface area contributed by atoms with Gasteiger partial charge in [-0.05, 0) is 63.8 Å². The normalized spacial score (nSPS) is 25.3. The second kappa shape index (κ2) is 7.58. The standard InChI is InChI=1S/C20H27N3O4/c1-14-5-3-4-11-23(14)17(24)15-6-8-16(9-7-15)21-19(27)22-12-10-20(2,13-22)18(25)26/h6-9,14H,3-5,10-13H2,1-2H3,(H,21,27)(H,25,26). The summed E-state index contributed by atoms with van der Waals surface area (Å²) in [7, 11) is 0. The van der Waals surface area contributed by atoms with Crippen LogP contribution in [-0.4, -0.2) is 58.5 Å². The summed E-state index contributed by atoms with van der Waals surface area (Å²) in [5, 5.41) is 12.1. The maximum atomic E-state index is 12.7. The number of nitrogens with one attached hydrogen (secondary N) is 1. The number of hydrogen-bond donors (Lipinski definition) is 2. The predicted molar refractivity (Wildman–Crippen MR) is 102 cm³/mol. The minimum atomic E-state index is -0.890. The minimum absolute atomic E-state index is 0.0249. The number of anilines is 1. The first-order valence-electron chi connectivity index (χ1n) is 9.50. The summed E-state index contributed by atoms with van der Waals surface area (Å²) in [5.41, 5.74) is 0.312. The topological polar surface area (TPSA) is 90.0 Å². The molecule has 0 spiro atoms. The van der Waals surface area contributed by atoms with Crippen LogP contribution in [0.25, 0.3) is 0 Å². The van der Waals surface area contributed by atoms with Crippen LogP contribution in [0.3, 0.4) is 0 Å². The van der Waals surface area contributed by atoms with Crippen molar-refractivity contribution >= 4 is 23.6 Å². The molecular formula is C20H27N3O4.